The molecule has 0 saturated carbocycles. The molecular formula is C37H47NO11. The number of nitrogens with one attached hydrogen (secondary N) is 1. The molecule has 1 amide bonds. The number of allylic oxidation sites excluding steroid dienone is 4. The van der Waals surface area contributed by atoms with E-state index in [4.69, 9.17) is 23.4 Å². The maximum absolute atomic E-state index is 13.4. The van der Waals surface area contributed by atoms with Crippen molar-refractivity contribution in [1.82, 2.24) is 5.32 Å². The van der Waals surface area contributed by atoms with Crippen molar-refractivity contribution in [3.8, 4) is 5.75 Å². The molecule has 0 bridgehead atoms. The number of benzene rings is 1. The number of hydrogen-bond donors (Lipinski definition) is 3. The first-order valence-electron chi connectivity index (χ1n) is 16.4. The summed E-state index contributed by atoms with van der Waals surface area (Å²) >= 11 is 0. The van der Waals surface area contributed by atoms with Gasteiger partial charge in [0.05, 0.1) is 29.6 Å². The standard InChI is InChI=1S/C37H47NO11/c1-17(32(41)21(5)35-20(4)28(48-23(7)39)14-24(49-35)15-29(45-8)46-9)11-10-12-18(2)37(44)38-26-16-27(40)30-25-13-19(3)47-36(25)22(6)33(42)31(30)34(26)43/h10-13,16-17,20-21,24,28-29,32,35,41-42H,14-15H2,1-9H3,(H,38,44). The number of phenolic OH excluding ortho intramolecular Hbond substituents is 1. The van der Waals surface area contributed by atoms with Crippen molar-refractivity contribution < 1.29 is 52.8 Å². The molecule has 3 N–H and O–H groups in total. The number of esters is 1. The van der Waals surface area contributed by atoms with E-state index in [0.29, 0.717) is 35.1 Å². The third-order valence-electron chi connectivity index (χ3n) is 9.51. The summed E-state index contributed by atoms with van der Waals surface area (Å²) in [6, 6.07) is 1.64. The second kappa shape index (κ2) is 15.6. The summed E-state index contributed by atoms with van der Waals surface area (Å²) in [5, 5.41) is 25.1. The monoisotopic (exact) mass is 681 g/mol. The fourth-order valence-corrected chi connectivity index (χ4v) is 6.67. The number of furan rings is 1. The quantitative estimate of drug-likeness (QED) is 0.119. The molecule has 2 aromatic rings. The molecule has 7 unspecified atom stereocenters. The van der Waals surface area contributed by atoms with Crippen molar-refractivity contribution in [3.05, 3.63) is 64.1 Å². The molecule has 1 aromatic carbocycles. The van der Waals surface area contributed by atoms with Crippen LogP contribution in [0.3, 0.4) is 0 Å². The highest BCUT2D eigenvalue weighted by atomic mass is 16.7. The lowest BCUT2D eigenvalue weighted by Gasteiger charge is -2.44. The molecule has 49 heavy (non-hydrogen) atoms. The molecular weight excluding hydrogens is 634 g/mol. The van der Waals surface area contributed by atoms with E-state index in [1.54, 1.807) is 53.2 Å². The number of Topliss-reactive ketones (excluding diaryl/α,β-unsaturated/α-hetero) is 1. The lowest BCUT2D eigenvalue weighted by molar-refractivity contribution is -0.203. The van der Waals surface area contributed by atoms with Gasteiger partial charge in [0.25, 0.3) is 5.91 Å². The van der Waals surface area contributed by atoms with Crippen LogP contribution in [0.4, 0.5) is 0 Å². The normalized spacial score (nSPS) is 23.4. The number of methoxy groups -OCH3 is 2. The molecule has 1 aliphatic carbocycles. The van der Waals surface area contributed by atoms with Crippen LogP contribution in [0.2, 0.25) is 0 Å². The molecule has 4 rings (SSSR count). The number of ether oxygens (including phenoxy) is 4. The second-order valence-corrected chi connectivity index (χ2v) is 13.1. The van der Waals surface area contributed by atoms with Gasteiger partial charge in [-0.25, -0.2) is 0 Å². The van der Waals surface area contributed by atoms with E-state index in [0.717, 1.165) is 6.08 Å². The van der Waals surface area contributed by atoms with Gasteiger partial charge >= 0.3 is 5.97 Å². The summed E-state index contributed by atoms with van der Waals surface area (Å²) in [5.74, 6) is -2.97. The molecule has 2 aliphatic rings. The Hall–Kier alpha value is -4.10. The van der Waals surface area contributed by atoms with Gasteiger partial charge in [-0.05, 0) is 26.8 Å². The molecule has 1 aliphatic heterocycles. The third-order valence-corrected chi connectivity index (χ3v) is 9.51. The second-order valence-electron chi connectivity index (χ2n) is 13.1. The fourth-order valence-electron chi connectivity index (χ4n) is 6.67. The summed E-state index contributed by atoms with van der Waals surface area (Å²) in [7, 11) is 3.08. The molecule has 2 heterocycles. The van der Waals surface area contributed by atoms with E-state index < -0.39 is 42.1 Å². The molecule has 12 heteroatoms. The zero-order chi connectivity index (χ0) is 36.3. The number of carbonyl (C=O) groups excluding carboxylic acids is 4. The molecule has 0 spiro atoms. The number of carbonyl (C=O) groups is 4. The van der Waals surface area contributed by atoms with Crippen molar-refractivity contribution in [2.24, 2.45) is 17.8 Å². The van der Waals surface area contributed by atoms with Crippen LogP contribution >= 0.6 is 0 Å². The Balaban J connectivity index is 1.43. The zero-order valence-corrected chi connectivity index (χ0v) is 29.5. The van der Waals surface area contributed by atoms with Crippen molar-refractivity contribution in [3.63, 3.8) is 0 Å². The first kappa shape index (κ1) is 37.7. The molecule has 1 saturated heterocycles. The van der Waals surface area contributed by atoms with E-state index in [1.165, 1.54) is 13.0 Å². The van der Waals surface area contributed by atoms with Crippen LogP contribution in [-0.2, 0) is 28.5 Å². The van der Waals surface area contributed by atoms with Crippen molar-refractivity contribution in [2.45, 2.75) is 92.0 Å². The molecule has 266 valence electrons. The van der Waals surface area contributed by atoms with E-state index in [-0.39, 0.29) is 58.0 Å². The number of phenols is 1. The smallest absolute Gasteiger partial charge is 0.302 e. The summed E-state index contributed by atoms with van der Waals surface area (Å²) < 4.78 is 28.4. The number of aliphatic hydroxyl groups is 1. The minimum absolute atomic E-state index is 0.0366. The highest BCUT2D eigenvalue weighted by Gasteiger charge is 2.43. The number of ketones is 2. The van der Waals surface area contributed by atoms with Crippen LogP contribution in [-0.4, -0.2) is 78.6 Å². The molecule has 0 radical (unpaired) electrons. The predicted octanol–water partition coefficient (Wildman–Crippen LogP) is 5.00. The number of aromatic hydroxyl groups is 1. The highest BCUT2D eigenvalue weighted by Crippen LogP contribution is 2.40. The Bertz CT molecular complexity index is 1700. The van der Waals surface area contributed by atoms with E-state index in [9.17, 15) is 29.4 Å². The van der Waals surface area contributed by atoms with Gasteiger partial charge in [0.1, 0.15) is 23.2 Å². The first-order valence-corrected chi connectivity index (χ1v) is 16.4. The Morgan fingerprint density at radius 3 is 2.43 bits per heavy atom. The lowest BCUT2D eigenvalue weighted by atomic mass is 9.78. The van der Waals surface area contributed by atoms with Crippen LogP contribution in [0.5, 0.6) is 5.75 Å². The average molecular weight is 682 g/mol. The van der Waals surface area contributed by atoms with Gasteiger partial charge in [-0.2, -0.15) is 0 Å². The number of hydrogen-bond acceptors (Lipinski definition) is 11. The lowest BCUT2D eigenvalue weighted by Crippen LogP contribution is -2.51. The Kier molecular flexibility index (Phi) is 12.0. The number of amides is 1. The van der Waals surface area contributed by atoms with Crippen LogP contribution in [0.25, 0.3) is 11.0 Å². The summed E-state index contributed by atoms with van der Waals surface area (Å²) in [6.45, 7) is 11.9. The number of rotatable bonds is 12. The van der Waals surface area contributed by atoms with Crippen molar-refractivity contribution in [1.29, 1.82) is 0 Å². The fraction of sp³-hybridized carbons (Fsp3) is 0.514. The van der Waals surface area contributed by atoms with Crippen LogP contribution in [0.1, 0.15) is 79.5 Å². The number of fused-ring (bicyclic) bond motifs is 3. The van der Waals surface area contributed by atoms with Crippen LogP contribution < -0.4 is 5.32 Å². The SMILES string of the molecule is COC(CC1CC(OC(C)=O)C(C)C(C(C)C(O)C(C)C=CC=C(C)C(=O)NC2=CC(=O)c3c(c(O)c(C)c4oc(C)cc34)C2=O)O1)OC. The Morgan fingerprint density at radius 1 is 1.12 bits per heavy atom. The topological polar surface area (TPSA) is 171 Å². The van der Waals surface area contributed by atoms with Gasteiger partial charge in [-0.15, -0.1) is 0 Å². The van der Waals surface area contributed by atoms with E-state index in [1.807, 2.05) is 20.8 Å². The van der Waals surface area contributed by atoms with E-state index >= 15 is 0 Å². The maximum atomic E-state index is 13.4. The minimum Gasteiger partial charge on any atom is -0.507 e. The van der Waals surface area contributed by atoms with Gasteiger partial charge in [-0.3, -0.25) is 19.2 Å². The summed E-state index contributed by atoms with van der Waals surface area (Å²) in [4.78, 5) is 51.4. The Morgan fingerprint density at radius 2 is 1.80 bits per heavy atom. The highest BCUT2D eigenvalue weighted by molar-refractivity contribution is 6.30. The largest absolute Gasteiger partial charge is 0.507 e. The summed E-state index contributed by atoms with van der Waals surface area (Å²) in [5.41, 5.74) is 0.498. The van der Waals surface area contributed by atoms with E-state index in [2.05, 4.69) is 5.32 Å². The van der Waals surface area contributed by atoms with Gasteiger partial charge in [-0.1, -0.05) is 39.0 Å². The average Bonchev–Trinajstić information content (AvgIpc) is 3.45. The molecule has 1 fully saturated rings. The molecule has 7 atom stereocenters. The molecule has 1 aromatic heterocycles. The summed E-state index contributed by atoms with van der Waals surface area (Å²) in [6.07, 6.45) is 4.38. The minimum atomic E-state index is -0.846. The van der Waals surface area contributed by atoms with Crippen molar-refractivity contribution in [2.75, 3.05) is 14.2 Å². The van der Waals surface area contributed by atoms with Gasteiger partial charge in [0.15, 0.2) is 12.1 Å². The maximum Gasteiger partial charge on any atom is 0.302 e. The van der Waals surface area contributed by atoms with Gasteiger partial charge in [0, 0.05) is 79.9 Å². The van der Waals surface area contributed by atoms with Gasteiger partial charge < -0.3 is 38.9 Å². The third kappa shape index (κ3) is 8.04. The Labute approximate surface area is 286 Å². The zero-order valence-electron chi connectivity index (χ0n) is 29.5. The van der Waals surface area contributed by atoms with Crippen LogP contribution in [0, 0.1) is 31.6 Å². The number of aliphatic hydroxyl groups excluding tert-OH is 1. The first-order chi connectivity index (χ1) is 23.1. The predicted molar refractivity (Wildman–Crippen MR) is 180 cm³/mol. The van der Waals surface area contributed by atoms with Crippen LogP contribution in [0.15, 0.2) is 46.1 Å². The van der Waals surface area contributed by atoms with Crippen molar-refractivity contribution >= 4 is 34.4 Å². The molecule has 12 nitrogen and oxygen atoms in total. The number of aryl methyl sites for hydroxylation is 2. The van der Waals surface area contributed by atoms with Gasteiger partial charge in [0.2, 0.25) is 5.78 Å².